The summed E-state index contributed by atoms with van der Waals surface area (Å²) in [5.74, 6) is -3.26. The average Bonchev–Trinajstić information content (AvgIpc) is 3.54. The number of aliphatic hydroxyl groups is 2. The number of hydrogen-bond acceptors (Lipinski definition) is 9. The maximum atomic E-state index is 14.7. The number of allylic oxidation sites excluding steroid dienone is 6. The quantitative estimate of drug-likeness (QED) is 0.314. The van der Waals surface area contributed by atoms with Crippen LogP contribution in [0.25, 0.3) is 0 Å². The minimum Gasteiger partial charge on any atom is -0.455 e. The van der Waals surface area contributed by atoms with Crippen LogP contribution >= 0.6 is 23.5 Å². The molecule has 2 aliphatic carbocycles. The predicted molar refractivity (Wildman–Crippen MR) is 162 cm³/mol. The topological polar surface area (TPSA) is 124 Å². The van der Waals surface area contributed by atoms with E-state index in [-0.39, 0.29) is 24.0 Å². The first-order chi connectivity index (χ1) is 19.9. The first-order valence-electron chi connectivity index (χ1n) is 14.2. The third-order valence-corrected chi connectivity index (χ3v) is 11.9. The molecule has 0 bridgehead atoms. The summed E-state index contributed by atoms with van der Waals surface area (Å²) in [6, 6.07) is -1.32. The highest BCUT2D eigenvalue weighted by Crippen LogP contribution is 2.59. The first-order valence-corrected chi connectivity index (χ1v) is 16.6. The zero-order valence-corrected chi connectivity index (χ0v) is 26.3. The van der Waals surface area contributed by atoms with Gasteiger partial charge in [0.05, 0.1) is 30.2 Å². The molecule has 3 aliphatic heterocycles. The smallest absolute Gasteiger partial charge is 0.311 e. The van der Waals surface area contributed by atoms with Crippen molar-refractivity contribution in [1.29, 1.82) is 0 Å². The van der Waals surface area contributed by atoms with E-state index in [0.29, 0.717) is 12.0 Å². The van der Waals surface area contributed by atoms with E-state index in [4.69, 9.17) is 4.74 Å². The molecule has 0 aromatic heterocycles. The Morgan fingerprint density at radius 1 is 0.976 bits per heavy atom. The molecular weight excluding hydrogens is 576 g/mol. The standard InChI is InChI=1S/C31H38N2O7S2/c1-7-16(2)25(35)17(3)26(36)18(4)27(37)40-22-13-9-11-20-15-31(42-6)28(38)32-23-19(10-8-12-21(23)34)14-30(32,41-5)29(39)33(31)24(20)22/h7-13,17-18,21-24,26,34,36H,14-15H2,1-6H3/b16-7-/t17-,18-,21+,22+,23+,24+,26+,30-,31-/m1/s1. The van der Waals surface area contributed by atoms with Gasteiger partial charge in [0.15, 0.2) is 15.5 Å². The fourth-order valence-corrected chi connectivity index (χ4v) is 8.91. The van der Waals surface area contributed by atoms with Gasteiger partial charge in [0.1, 0.15) is 6.10 Å². The number of carbonyl (C=O) groups excluding carboxylic acids is 4. The van der Waals surface area contributed by atoms with Crippen molar-refractivity contribution in [3.05, 3.63) is 59.3 Å². The van der Waals surface area contributed by atoms with Crippen molar-refractivity contribution in [2.24, 2.45) is 11.8 Å². The van der Waals surface area contributed by atoms with Crippen LogP contribution in [0.3, 0.4) is 0 Å². The molecule has 11 heteroatoms. The summed E-state index contributed by atoms with van der Waals surface area (Å²) in [7, 11) is 0. The van der Waals surface area contributed by atoms with Gasteiger partial charge in [-0.3, -0.25) is 19.2 Å². The van der Waals surface area contributed by atoms with Crippen molar-refractivity contribution in [2.75, 3.05) is 12.5 Å². The van der Waals surface area contributed by atoms with E-state index in [2.05, 4.69) is 0 Å². The maximum absolute atomic E-state index is 14.7. The number of piperazine rings is 1. The second-order valence-electron chi connectivity index (χ2n) is 11.6. The lowest BCUT2D eigenvalue weighted by atomic mass is 9.87. The fourth-order valence-electron chi connectivity index (χ4n) is 6.96. The number of fused-ring (bicyclic) bond motifs is 6. The molecule has 42 heavy (non-hydrogen) atoms. The monoisotopic (exact) mass is 614 g/mol. The molecule has 5 aliphatic rings. The van der Waals surface area contributed by atoms with Gasteiger partial charge in [0.25, 0.3) is 11.8 Å². The van der Waals surface area contributed by atoms with Crippen LogP contribution in [0.4, 0.5) is 0 Å². The third kappa shape index (κ3) is 4.30. The van der Waals surface area contributed by atoms with Crippen LogP contribution in [0.1, 0.15) is 40.5 Å². The lowest BCUT2D eigenvalue weighted by Crippen LogP contribution is -2.74. The molecule has 0 spiro atoms. The summed E-state index contributed by atoms with van der Waals surface area (Å²) < 4.78 is 5.97. The number of amides is 2. The summed E-state index contributed by atoms with van der Waals surface area (Å²) in [6.07, 6.45) is 13.3. The Balaban J connectivity index is 1.46. The molecule has 2 amide bonds. The molecule has 9 nitrogen and oxygen atoms in total. The molecule has 9 atom stereocenters. The molecule has 226 valence electrons. The zero-order chi connectivity index (χ0) is 30.7. The summed E-state index contributed by atoms with van der Waals surface area (Å²) in [5.41, 5.74) is 2.13. The lowest BCUT2D eigenvalue weighted by Gasteiger charge is -2.54. The average molecular weight is 615 g/mol. The van der Waals surface area contributed by atoms with Crippen LogP contribution in [0.15, 0.2) is 59.3 Å². The Bertz CT molecular complexity index is 1370. The SMILES string of the molecule is C/C=C(/C)C(=O)[C@@H](C)[C@H](O)[C@@H](C)C(=O)O[C@H]1C=CC=C2C[C@@]3(SC)C(=O)N4[C@H]5C(=CC=C[C@@H]5O)C[C@@]4(SC)C(=O)N3[C@@H]21. The van der Waals surface area contributed by atoms with E-state index in [0.717, 1.165) is 11.1 Å². The van der Waals surface area contributed by atoms with Gasteiger partial charge in [-0.05, 0) is 56.1 Å². The number of thioether (sulfide) groups is 2. The Labute approximate surface area is 254 Å². The highest BCUT2D eigenvalue weighted by atomic mass is 32.2. The lowest BCUT2D eigenvalue weighted by molar-refractivity contribution is -0.171. The number of hydrogen-bond donors (Lipinski definition) is 2. The molecule has 3 fully saturated rings. The molecule has 2 N–H and O–H groups in total. The largest absolute Gasteiger partial charge is 0.455 e. The van der Waals surface area contributed by atoms with Crippen molar-refractivity contribution >= 4 is 47.1 Å². The van der Waals surface area contributed by atoms with E-state index in [1.54, 1.807) is 73.5 Å². The third-order valence-electron chi connectivity index (χ3n) is 9.51. The Kier molecular flexibility index (Phi) is 8.19. The fraction of sp³-hybridized carbons (Fsp3) is 0.548. The van der Waals surface area contributed by atoms with Crippen LogP contribution in [0, 0.1) is 11.8 Å². The van der Waals surface area contributed by atoms with Crippen molar-refractivity contribution in [2.45, 2.75) is 80.7 Å². The van der Waals surface area contributed by atoms with Crippen molar-refractivity contribution in [3.8, 4) is 0 Å². The van der Waals surface area contributed by atoms with E-state index in [1.807, 2.05) is 12.2 Å². The van der Waals surface area contributed by atoms with Gasteiger partial charge in [0, 0.05) is 18.8 Å². The van der Waals surface area contributed by atoms with Gasteiger partial charge >= 0.3 is 5.97 Å². The summed E-state index contributed by atoms with van der Waals surface area (Å²) in [5, 5.41) is 21.8. The number of esters is 1. The van der Waals surface area contributed by atoms with E-state index in [1.165, 1.54) is 30.4 Å². The molecule has 0 unspecified atom stereocenters. The highest BCUT2D eigenvalue weighted by Gasteiger charge is 2.72. The van der Waals surface area contributed by atoms with Crippen LogP contribution < -0.4 is 0 Å². The number of nitrogens with zero attached hydrogens (tertiary/aromatic N) is 2. The van der Waals surface area contributed by atoms with Crippen molar-refractivity contribution < 1.29 is 34.1 Å². The number of ketones is 1. The van der Waals surface area contributed by atoms with Gasteiger partial charge in [-0.2, -0.15) is 0 Å². The van der Waals surface area contributed by atoms with E-state index < -0.39 is 57.9 Å². The summed E-state index contributed by atoms with van der Waals surface area (Å²) in [4.78, 5) is 55.9. The second-order valence-corrected chi connectivity index (χ2v) is 13.8. The zero-order valence-electron chi connectivity index (χ0n) is 24.6. The normalized spacial score (nSPS) is 35.5. The first kappa shape index (κ1) is 30.8. The second kappa shape index (κ2) is 11.2. The predicted octanol–water partition coefficient (Wildman–Crippen LogP) is 2.75. The van der Waals surface area contributed by atoms with Crippen molar-refractivity contribution in [3.63, 3.8) is 0 Å². The van der Waals surface area contributed by atoms with Gasteiger partial charge in [-0.1, -0.05) is 43.4 Å². The molecule has 5 rings (SSSR count). The minimum absolute atomic E-state index is 0.245. The minimum atomic E-state index is -1.27. The maximum Gasteiger partial charge on any atom is 0.311 e. The van der Waals surface area contributed by atoms with Crippen LogP contribution in [-0.2, 0) is 23.9 Å². The number of Topliss-reactive ketones (excluding diaryl/α,β-unsaturated/α-hetero) is 1. The molecule has 3 heterocycles. The van der Waals surface area contributed by atoms with Gasteiger partial charge in [-0.25, -0.2) is 0 Å². The van der Waals surface area contributed by atoms with Gasteiger partial charge in [-0.15, -0.1) is 23.5 Å². The van der Waals surface area contributed by atoms with Crippen molar-refractivity contribution in [1.82, 2.24) is 9.80 Å². The molecular formula is C31H38N2O7S2. The van der Waals surface area contributed by atoms with E-state index >= 15 is 0 Å². The van der Waals surface area contributed by atoms with Crippen LogP contribution in [-0.4, -0.2) is 96.2 Å². The Morgan fingerprint density at radius 3 is 2.05 bits per heavy atom. The summed E-state index contributed by atoms with van der Waals surface area (Å²) in [6.45, 7) is 6.51. The number of carbonyl (C=O) groups is 4. The number of rotatable bonds is 8. The van der Waals surface area contributed by atoms with Crippen LogP contribution in [0.5, 0.6) is 0 Å². The number of aliphatic hydroxyl groups excluding tert-OH is 2. The molecule has 0 aromatic rings. The molecule has 0 saturated carbocycles. The Morgan fingerprint density at radius 2 is 1.50 bits per heavy atom. The molecule has 3 saturated heterocycles. The molecule has 0 radical (unpaired) electrons. The van der Waals surface area contributed by atoms with E-state index in [9.17, 15) is 29.4 Å². The Hall–Kier alpha value is -2.60. The van der Waals surface area contributed by atoms with Gasteiger partial charge in [0.2, 0.25) is 0 Å². The highest BCUT2D eigenvalue weighted by molar-refractivity contribution is 8.01. The number of ether oxygens (including phenoxy) is 1. The molecule has 0 aromatic carbocycles. The summed E-state index contributed by atoms with van der Waals surface area (Å²) >= 11 is 2.56. The van der Waals surface area contributed by atoms with Gasteiger partial charge < -0.3 is 24.7 Å². The van der Waals surface area contributed by atoms with Crippen LogP contribution in [0.2, 0.25) is 0 Å².